The summed E-state index contributed by atoms with van der Waals surface area (Å²) in [5.41, 5.74) is -0.478. The highest BCUT2D eigenvalue weighted by molar-refractivity contribution is 6.35. The van der Waals surface area contributed by atoms with Gasteiger partial charge in [0.15, 0.2) is 6.61 Å². The number of esters is 1. The second-order valence-corrected chi connectivity index (χ2v) is 7.28. The summed E-state index contributed by atoms with van der Waals surface area (Å²) in [6.07, 6.45) is 0.441. The molecule has 0 unspecified atom stereocenters. The maximum Gasteiger partial charge on any atom is 0.321 e. The first-order chi connectivity index (χ1) is 12.1. The van der Waals surface area contributed by atoms with Gasteiger partial charge in [0.2, 0.25) is 0 Å². The summed E-state index contributed by atoms with van der Waals surface area (Å²) in [6.45, 7) is 5.04. The fraction of sp³-hybridized carbons (Fsp3) is 0.471. The number of amides is 3. The van der Waals surface area contributed by atoms with Gasteiger partial charge in [-0.1, -0.05) is 23.2 Å². The number of benzene rings is 1. The van der Waals surface area contributed by atoms with Gasteiger partial charge in [0.1, 0.15) is 5.75 Å². The van der Waals surface area contributed by atoms with Crippen molar-refractivity contribution in [3.8, 4) is 5.75 Å². The Morgan fingerprint density at radius 2 is 1.85 bits per heavy atom. The van der Waals surface area contributed by atoms with Crippen molar-refractivity contribution in [2.45, 2.75) is 39.2 Å². The number of carbonyl (C=O) groups excluding carboxylic acids is 3. The van der Waals surface area contributed by atoms with Crippen molar-refractivity contribution in [3.05, 3.63) is 28.2 Å². The average Bonchev–Trinajstić information content (AvgIpc) is 2.49. The third kappa shape index (κ3) is 9.48. The zero-order valence-corrected chi connectivity index (χ0v) is 16.4. The minimum atomic E-state index is -0.704. The maximum atomic E-state index is 11.6. The van der Waals surface area contributed by atoms with Gasteiger partial charge in [-0.05, 0) is 45.4 Å². The Kier molecular flexibility index (Phi) is 8.68. The molecule has 0 aromatic heterocycles. The second-order valence-electron chi connectivity index (χ2n) is 6.44. The molecule has 2 N–H and O–H groups in total. The van der Waals surface area contributed by atoms with E-state index in [0.29, 0.717) is 22.2 Å². The van der Waals surface area contributed by atoms with Crippen LogP contribution in [0.15, 0.2) is 18.2 Å². The number of imide groups is 1. The zero-order chi connectivity index (χ0) is 19.7. The van der Waals surface area contributed by atoms with Crippen molar-refractivity contribution in [3.63, 3.8) is 0 Å². The van der Waals surface area contributed by atoms with Crippen molar-refractivity contribution < 1.29 is 23.9 Å². The van der Waals surface area contributed by atoms with Crippen LogP contribution in [0, 0.1) is 0 Å². The summed E-state index contributed by atoms with van der Waals surface area (Å²) in [7, 11) is 0. The Hall–Kier alpha value is -1.99. The topological polar surface area (TPSA) is 93.7 Å². The van der Waals surface area contributed by atoms with Crippen molar-refractivity contribution in [1.82, 2.24) is 10.6 Å². The van der Waals surface area contributed by atoms with Crippen LogP contribution in [0.25, 0.3) is 0 Å². The van der Waals surface area contributed by atoms with Gasteiger partial charge in [-0.15, -0.1) is 0 Å². The maximum absolute atomic E-state index is 11.6. The van der Waals surface area contributed by atoms with Gasteiger partial charge in [-0.25, -0.2) is 4.79 Å². The first kappa shape index (κ1) is 22.1. The molecule has 0 radical (unpaired) electrons. The monoisotopic (exact) mass is 404 g/mol. The first-order valence-corrected chi connectivity index (χ1v) is 8.68. The number of ether oxygens (including phenoxy) is 2. The van der Waals surface area contributed by atoms with Gasteiger partial charge in [0.25, 0.3) is 5.91 Å². The van der Waals surface area contributed by atoms with E-state index in [1.165, 1.54) is 0 Å². The van der Waals surface area contributed by atoms with Crippen molar-refractivity contribution >= 4 is 41.1 Å². The van der Waals surface area contributed by atoms with Gasteiger partial charge in [-0.3, -0.25) is 14.9 Å². The lowest BCUT2D eigenvalue weighted by Crippen LogP contribution is -2.49. The largest absolute Gasteiger partial charge is 0.492 e. The Morgan fingerprint density at radius 3 is 2.46 bits per heavy atom. The van der Waals surface area contributed by atoms with Crippen LogP contribution in [0.2, 0.25) is 10.0 Å². The van der Waals surface area contributed by atoms with Crippen LogP contribution in [0.4, 0.5) is 4.79 Å². The van der Waals surface area contributed by atoms with Crippen molar-refractivity contribution in [1.29, 1.82) is 0 Å². The van der Waals surface area contributed by atoms with E-state index in [1.807, 2.05) is 0 Å². The number of hydrogen-bond donors (Lipinski definition) is 2. The molecule has 0 saturated carbocycles. The molecule has 9 heteroatoms. The number of urea groups is 1. The van der Waals surface area contributed by atoms with E-state index < -0.39 is 30.1 Å². The summed E-state index contributed by atoms with van der Waals surface area (Å²) in [4.78, 5) is 34.6. The van der Waals surface area contributed by atoms with Gasteiger partial charge in [-0.2, -0.15) is 0 Å². The number of carbonyl (C=O) groups is 3. The Bertz CT molecular complexity index is 659. The Balaban J connectivity index is 2.20. The van der Waals surface area contributed by atoms with E-state index >= 15 is 0 Å². The van der Waals surface area contributed by atoms with Crippen LogP contribution >= 0.6 is 23.2 Å². The van der Waals surface area contributed by atoms with Crippen LogP contribution in [0.5, 0.6) is 5.75 Å². The Morgan fingerprint density at radius 1 is 1.15 bits per heavy atom. The lowest BCUT2D eigenvalue weighted by Gasteiger charge is -2.20. The highest BCUT2D eigenvalue weighted by atomic mass is 35.5. The molecule has 0 bridgehead atoms. The van der Waals surface area contributed by atoms with E-state index in [9.17, 15) is 14.4 Å². The third-order valence-corrected chi connectivity index (χ3v) is 3.31. The fourth-order valence-electron chi connectivity index (χ4n) is 1.74. The minimum absolute atomic E-state index is 0.0622. The van der Waals surface area contributed by atoms with E-state index in [2.05, 4.69) is 10.6 Å². The lowest BCUT2D eigenvalue weighted by molar-refractivity contribution is -0.148. The average molecular weight is 405 g/mol. The number of halogens is 2. The van der Waals surface area contributed by atoms with Gasteiger partial charge in [0.05, 0.1) is 11.6 Å². The quantitative estimate of drug-likeness (QED) is 0.536. The molecule has 1 aromatic carbocycles. The van der Waals surface area contributed by atoms with Crippen molar-refractivity contribution in [2.75, 3.05) is 13.2 Å². The summed E-state index contributed by atoms with van der Waals surface area (Å²) < 4.78 is 10.2. The molecule has 144 valence electrons. The molecule has 0 aliphatic heterocycles. The number of rotatable bonds is 7. The molecule has 26 heavy (non-hydrogen) atoms. The molecule has 3 amide bonds. The smallest absolute Gasteiger partial charge is 0.321 e. The third-order valence-electron chi connectivity index (χ3n) is 2.78. The van der Waals surface area contributed by atoms with Crippen LogP contribution in [-0.2, 0) is 14.3 Å². The molecule has 1 rings (SSSR count). The SMILES string of the molecule is CC(C)(C)NC(=O)NC(=O)COC(=O)CCCOc1ccc(Cl)cc1Cl. The second kappa shape index (κ2) is 10.2. The van der Waals surface area contributed by atoms with Crippen LogP contribution in [0.1, 0.15) is 33.6 Å². The van der Waals surface area contributed by atoms with Crippen LogP contribution in [-0.4, -0.2) is 36.7 Å². The predicted molar refractivity (Wildman–Crippen MR) is 98.6 cm³/mol. The van der Waals surface area contributed by atoms with Crippen molar-refractivity contribution in [2.24, 2.45) is 0 Å². The van der Waals surface area contributed by atoms with Crippen LogP contribution in [0.3, 0.4) is 0 Å². The molecule has 1 aromatic rings. The molecule has 0 aliphatic carbocycles. The summed E-state index contributed by atoms with van der Waals surface area (Å²) >= 11 is 11.7. The van der Waals surface area contributed by atoms with Crippen LogP contribution < -0.4 is 15.4 Å². The summed E-state index contributed by atoms with van der Waals surface area (Å²) in [6, 6.07) is 4.19. The molecular weight excluding hydrogens is 383 g/mol. The first-order valence-electron chi connectivity index (χ1n) is 7.92. The molecule has 7 nitrogen and oxygen atoms in total. The van der Waals surface area contributed by atoms with Gasteiger partial charge in [0, 0.05) is 17.0 Å². The molecule has 0 atom stereocenters. The minimum Gasteiger partial charge on any atom is -0.492 e. The molecule has 0 spiro atoms. The van der Waals surface area contributed by atoms with E-state index in [4.69, 9.17) is 32.7 Å². The highest BCUT2D eigenvalue weighted by Crippen LogP contribution is 2.27. The van der Waals surface area contributed by atoms with Gasteiger partial charge < -0.3 is 14.8 Å². The molecule has 0 fully saturated rings. The summed E-state index contributed by atoms with van der Waals surface area (Å²) in [5.74, 6) is -0.805. The zero-order valence-electron chi connectivity index (χ0n) is 14.9. The summed E-state index contributed by atoms with van der Waals surface area (Å²) in [5, 5.41) is 5.51. The standard InChI is InChI=1S/C17H22Cl2N2O5/c1-17(2,3)21-16(24)20-14(22)10-26-15(23)5-4-8-25-13-7-6-11(18)9-12(13)19/h6-7,9H,4-5,8,10H2,1-3H3,(H2,20,21,22,24). The molecular formula is C17H22Cl2N2O5. The molecule has 0 heterocycles. The van der Waals surface area contributed by atoms with Gasteiger partial charge >= 0.3 is 12.0 Å². The molecule has 0 aliphatic rings. The number of nitrogens with one attached hydrogen (secondary N) is 2. The fourth-order valence-corrected chi connectivity index (χ4v) is 2.21. The predicted octanol–water partition coefficient (Wildman–Crippen LogP) is 3.32. The Labute approximate surface area is 162 Å². The normalized spacial score (nSPS) is 10.8. The highest BCUT2D eigenvalue weighted by Gasteiger charge is 2.16. The van der Waals surface area contributed by atoms with E-state index in [0.717, 1.165) is 0 Å². The molecule has 0 saturated heterocycles. The van der Waals surface area contributed by atoms with E-state index in [-0.39, 0.29) is 13.0 Å². The lowest BCUT2D eigenvalue weighted by atomic mass is 10.1. The van der Waals surface area contributed by atoms with E-state index in [1.54, 1.807) is 39.0 Å². The number of hydrogen-bond acceptors (Lipinski definition) is 5.